The molecule has 0 fully saturated rings. The molecule has 0 atom stereocenters. The summed E-state index contributed by atoms with van der Waals surface area (Å²) in [6.07, 6.45) is -1.93. The smallest absolute Gasteiger partial charge is 0.418 e. The number of methoxy groups -OCH3 is 1. The van der Waals surface area contributed by atoms with Gasteiger partial charge in [-0.2, -0.15) is 13.2 Å². The van der Waals surface area contributed by atoms with Crippen LogP contribution in [0.5, 0.6) is 5.75 Å². The SMILES string of the molecule is COc1ccc(S(=O)(=O)c2c(C)cc(-c3ccc(Cc4cccnc4)c(C(F)(F)F)c3N)cc2C(=O)NO)cc1. The van der Waals surface area contributed by atoms with Crippen molar-refractivity contribution in [1.29, 1.82) is 0 Å². The van der Waals surface area contributed by atoms with E-state index in [1.165, 1.54) is 74.4 Å². The Kier molecular flexibility index (Phi) is 7.85. The number of rotatable bonds is 7. The second kappa shape index (κ2) is 11.0. The number of ether oxygens (including phenoxy) is 1. The van der Waals surface area contributed by atoms with E-state index in [0.29, 0.717) is 11.3 Å². The maximum atomic E-state index is 14.2. The highest BCUT2D eigenvalue weighted by molar-refractivity contribution is 7.91. The normalized spacial score (nSPS) is 11.8. The fourth-order valence-corrected chi connectivity index (χ4v) is 6.16. The van der Waals surface area contributed by atoms with Crippen LogP contribution in [0.2, 0.25) is 0 Å². The number of benzene rings is 3. The summed E-state index contributed by atoms with van der Waals surface area (Å²) in [5.74, 6) is -0.762. The van der Waals surface area contributed by atoms with Gasteiger partial charge in [-0.1, -0.05) is 24.3 Å². The Labute approximate surface area is 228 Å². The molecular weight excluding hydrogens is 547 g/mol. The van der Waals surface area contributed by atoms with Crippen LogP contribution < -0.4 is 16.0 Å². The summed E-state index contributed by atoms with van der Waals surface area (Å²) in [6, 6.07) is 13.8. The lowest BCUT2D eigenvalue weighted by Crippen LogP contribution is -2.22. The van der Waals surface area contributed by atoms with Crippen molar-refractivity contribution in [3.05, 3.63) is 101 Å². The van der Waals surface area contributed by atoms with Gasteiger partial charge in [0.2, 0.25) is 9.84 Å². The van der Waals surface area contributed by atoms with Crippen molar-refractivity contribution >= 4 is 21.4 Å². The van der Waals surface area contributed by atoms with Crippen molar-refractivity contribution in [3.63, 3.8) is 0 Å². The second-order valence-electron chi connectivity index (χ2n) is 8.89. The van der Waals surface area contributed by atoms with Gasteiger partial charge in [0.15, 0.2) is 0 Å². The molecule has 0 aliphatic rings. The molecule has 4 N–H and O–H groups in total. The third-order valence-electron chi connectivity index (χ3n) is 6.30. The van der Waals surface area contributed by atoms with Gasteiger partial charge in [-0.05, 0) is 72.0 Å². The topological polar surface area (TPSA) is 132 Å². The minimum Gasteiger partial charge on any atom is -0.497 e. The Morgan fingerprint density at radius 1 is 1.10 bits per heavy atom. The molecule has 0 bridgehead atoms. The molecule has 0 unspecified atom stereocenters. The molecule has 0 saturated carbocycles. The zero-order chi connectivity index (χ0) is 29.2. The number of nitrogens with one attached hydrogen (secondary N) is 1. The number of hydrogen-bond donors (Lipinski definition) is 3. The fraction of sp³-hybridized carbons (Fsp3) is 0.143. The third-order valence-corrected chi connectivity index (χ3v) is 8.28. The summed E-state index contributed by atoms with van der Waals surface area (Å²) in [5, 5.41) is 9.36. The van der Waals surface area contributed by atoms with Crippen LogP contribution in [0.3, 0.4) is 0 Å². The van der Waals surface area contributed by atoms with E-state index in [1.807, 2.05) is 0 Å². The molecule has 3 aromatic carbocycles. The molecule has 0 radical (unpaired) electrons. The average Bonchev–Trinajstić information content (AvgIpc) is 2.92. The van der Waals surface area contributed by atoms with Crippen LogP contribution >= 0.6 is 0 Å². The predicted octanol–water partition coefficient (Wildman–Crippen LogP) is 5.21. The number of alkyl halides is 3. The lowest BCUT2D eigenvalue weighted by atomic mass is 9.91. The molecule has 0 spiro atoms. The number of aromatic nitrogens is 1. The lowest BCUT2D eigenvalue weighted by molar-refractivity contribution is -0.137. The van der Waals surface area contributed by atoms with Crippen molar-refractivity contribution < 1.29 is 36.3 Å². The summed E-state index contributed by atoms with van der Waals surface area (Å²) in [4.78, 5) is 16.0. The summed E-state index contributed by atoms with van der Waals surface area (Å²) in [5.41, 5.74) is 5.92. The molecular formula is C28H24F3N3O5S. The van der Waals surface area contributed by atoms with Gasteiger partial charge >= 0.3 is 6.18 Å². The number of pyridine rings is 1. The van der Waals surface area contributed by atoms with Gasteiger partial charge in [0.05, 0.1) is 33.7 Å². The number of amides is 1. The second-order valence-corrected chi connectivity index (χ2v) is 10.8. The zero-order valence-electron chi connectivity index (χ0n) is 21.3. The zero-order valence-corrected chi connectivity index (χ0v) is 22.1. The molecule has 4 rings (SSSR count). The number of nitrogens with zero attached hydrogens (tertiary/aromatic N) is 1. The number of nitrogens with two attached hydrogens (primary N) is 1. The van der Waals surface area contributed by atoms with Crippen LogP contribution in [0.1, 0.15) is 32.6 Å². The molecule has 4 aromatic rings. The van der Waals surface area contributed by atoms with Gasteiger partial charge in [-0.15, -0.1) is 0 Å². The quantitative estimate of drug-likeness (QED) is 0.158. The molecule has 1 heterocycles. The van der Waals surface area contributed by atoms with E-state index in [2.05, 4.69) is 4.98 Å². The van der Waals surface area contributed by atoms with Gasteiger partial charge in [0, 0.05) is 18.0 Å². The maximum absolute atomic E-state index is 14.2. The van der Waals surface area contributed by atoms with E-state index in [9.17, 15) is 31.6 Å². The number of anilines is 1. The van der Waals surface area contributed by atoms with Gasteiger partial charge in [-0.3, -0.25) is 15.0 Å². The van der Waals surface area contributed by atoms with E-state index < -0.39 is 43.6 Å². The number of aryl methyl sites for hydroxylation is 1. The molecule has 8 nitrogen and oxygen atoms in total. The fourth-order valence-electron chi connectivity index (χ4n) is 4.51. The first-order chi connectivity index (χ1) is 18.9. The van der Waals surface area contributed by atoms with Gasteiger partial charge in [0.1, 0.15) is 5.75 Å². The molecule has 0 aliphatic carbocycles. The van der Waals surface area contributed by atoms with Crippen molar-refractivity contribution in [2.24, 2.45) is 0 Å². The predicted molar refractivity (Wildman–Crippen MR) is 141 cm³/mol. The Morgan fingerprint density at radius 3 is 2.38 bits per heavy atom. The Bertz CT molecular complexity index is 1670. The van der Waals surface area contributed by atoms with Crippen LogP contribution in [0.4, 0.5) is 18.9 Å². The van der Waals surface area contributed by atoms with Gasteiger partial charge in [0.25, 0.3) is 5.91 Å². The first kappa shape index (κ1) is 28.6. The molecule has 0 saturated heterocycles. The van der Waals surface area contributed by atoms with Crippen LogP contribution in [-0.4, -0.2) is 31.6 Å². The lowest BCUT2D eigenvalue weighted by Gasteiger charge is -2.20. The highest BCUT2D eigenvalue weighted by atomic mass is 32.2. The van der Waals surface area contributed by atoms with E-state index in [-0.39, 0.29) is 33.6 Å². The Balaban J connectivity index is 1.90. The molecule has 1 aromatic heterocycles. The molecule has 12 heteroatoms. The van der Waals surface area contributed by atoms with Crippen LogP contribution in [-0.2, 0) is 22.4 Å². The van der Waals surface area contributed by atoms with Crippen LogP contribution in [0, 0.1) is 6.92 Å². The number of nitrogen functional groups attached to an aromatic ring is 1. The van der Waals surface area contributed by atoms with E-state index >= 15 is 0 Å². The van der Waals surface area contributed by atoms with Gasteiger partial charge in [-0.25, -0.2) is 13.9 Å². The van der Waals surface area contributed by atoms with E-state index in [1.54, 1.807) is 12.1 Å². The Hall–Kier alpha value is -4.42. The Morgan fingerprint density at radius 2 is 1.80 bits per heavy atom. The maximum Gasteiger partial charge on any atom is 0.418 e. The number of carbonyl (C=O) groups excluding carboxylic acids is 1. The molecule has 0 aliphatic heterocycles. The number of carbonyl (C=O) groups is 1. The van der Waals surface area contributed by atoms with Crippen molar-refractivity contribution in [2.45, 2.75) is 29.3 Å². The third kappa shape index (κ3) is 5.49. The molecule has 40 heavy (non-hydrogen) atoms. The number of halogens is 3. The highest BCUT2D eigenvalue weighted by Crippen LogP contribution is 2.43. The van der Waals surface area contributed by atoms with Crippen molar-refractivity contribution in [3.8, 4) is 16.9 Å². The first-order valence-corrected chi connectivity index (χ1v) is 13.2. The van der Waals surface area contributed by atoms with Crippen molar-refractivity contribution in [1.82, 2.24) is 10.5 Å². The number of hydrogen-bond acceptors (Lipinski definition) is 7. The summed E-state index contributed by atoms with van der Waals surface area (Å²) in [6.45, 7) is 1.39. The standard InChI is InChI=1S/C28H24F3N3O5S/c1-16-12-19(14-23(27(35)34-36)26(16)40(37,38)21-8-6-20(39-2)7-9-21)22-10-5-18(13-17-4-3-11-33-15-17)24(25(22)32)28(29,30)31/h3-12,14-15,36H,13,32H2,1-2H3,(H,34,35). The summed E-state index contributed by atoms with van der Waals surface area (Å²) in [7, 11) is -2.89. The summed E-state index contributed by atoms with van der Waals surface area (Å²) < 4.78 is 74.8. The van der Waals surface area contributed by atoms with E-state index in [0.717, 1.165) is 6.07 Å². The average molecular weight is 572 g/mol. The monoisotopic (exact) mass is 571 g/mol. The van der Waals surface area contributed by atoms with Crippen molar-refractivity contribution in [2.75, 3.05) is 12.8 Å². The van der Waals surface area contributed by atoms with E-state index in [4.69, 9.17) is 10.5 Å². The molecule has 1 amide bonds. The highest BCUT2D eigenvalue weighted by Gasteiger charge is 2.37. The molecule has 208 valence electrons. The van der Waals surface area contributed by atoms with Crippen LogP contribution in [0.15, 0.2) is 82.8 Å². The van der Waals surface area contributed by atoms with Gasteiger partial charge < -0.3 is 10.5 Å². The summed E-state index contributed by atoms with van der Waals surface area (Å²) >= 11 is 0. The first-order valence-electron chi connectivity index (χ1n) is 11.7. The minimum absolute atomic E-state index is 0.0549. The van der Waals surface area contributed by atoms with Crippen LogP contribution in [0.25, 0.3) is 11.1 Å². The number of hydroxylamine groups is 1. The minimum atomic E-state index is -4.81. The largest absolute Gasteiger partial charge is 0.497 e. The number of sulfone groups is 1.